The van der Waals surface area contributed by atoms with Crippen LogP contribution in [0.2, 0.25) is 0 Å². The number of hydrogen-bond acceptors (Lipinski definition) is 5. The van der Waals surface area contributed by atoms with Gasteiger partial charge in [0.1, 0.15) is 5.75 Å². The zero-order valence-corrected chi connectivity index (χ0v) is 16.8. The van der Waals surface area contributed by atoms with Gasteiger partial charge in [0.25, 0.3) is 10.0 Å². The molecule has 1 N–H and O–H groups in total. The van der Waals surface area contributed by atoms with E-state index in [1.807, 2.05) is 13.0 Å². The van der Waals surface area contributed by atoms with Gasteiger partial charge in [-0.25, -0.2) is 16.8 Å². The Kier molecular flexibility index (Phi) is 5.34. The van der Waals surface area contributed by atoms with E-state index in [1.54, 1.807) is 12.1 Å². The van der Waals surface area contributed by atoms with Crippen molar-refractivity contribution in [3.63, 3.8) is 0 Å². The molecule has 0 unspecified atom stereocenters. The van der Waals surface area contributed by atoms with Crippen molar-refractivity contribution < 1.29 is 21.6 Å². The summed E-state index contributed by atoms with van der Waals surface area (Å²) < 4.78 is 58.8. The molecule has 2 aromatic carbocycles. The highest BCUT2D eigenvalue weighted by Crippen LogP contribution is 2.29. The normalized spacial score (nSPS) is 16.7. The first-order chi connectivity index (χ1) is 12.7. The van der Waals surface area contributed by atoms with Crippen LogP contribution in [0.5, 0.6) is 5.75 Å². The number of nitrogens with one attached hydrogen (secondary N) is 1. The number of benzene rings is 2. The number of hydrogen-bond donors (Lipinski definition) is 1. The Hall–Kier alpha value is -2.26. The van der Waals surface area contributed by atoms with Crippen LogP contribution in [0.3, 0.4) is 0 Å². The fraction of sp³-hybridized carbons (Fsp3) is 0.333. The third kappa shape index (κ3) is 4.19. The van der Waals surface area contributed by atoms with Gasteiger partial charge in [-0.3, -0.25) is 9.03 Å². The minimum Gasteiger partial charge on any atom is -0.495 e. The molecule has 0 spiro atoms. The van der Waals surface area contributed by atoms with E-state index in [9.17, 15) is 16.8 Å². The predicted molar refractivity (Wildman–Crippen MR) is 105 cm³/mol. The monoisotopic (exact) mass is 410 g/mol. The zero-order chi connectivity index (χ0) is 19.7. The molecule has 0 saturated carbocycles. The summed E-state index contributed by atoms with van der Waals surface area (Å²) >= 11 is 0. The summed E-state index contributed by atoms with van der Waals surface area (Å²) in [5, 5.41) is 0. The first kappa shape index (κ1) is 19.5. The Morgan fingerprint density at radius 2 is 1.78 bits per heavy atom. The number of sulfonamides is 2. The van der Waals surface area contributed by atoms with Gasteiger partial charge < -0.3 is 4.74 Å². The highest BCUT2D eigenvalue weighted by molar-refractivity contribution is 7.93. The van der Waals surface area contributed by atoms with Crippen LogP contribution in [0.4, 0.5) is 11.4 Å². The third-order valence-electron chi connectivity index (χ3n) is 4.38. The smallest absolute Gasteiger partial charge is 0.262 e. The maximum Gasteiger partial charge on any atom is 0.262 e. The van der Waals surface area contributed by atoms with Gasteiger partial charge in [0.05, 0.1) is 29.1 Å². The highest BCUT2D eigenvalue weighted by Gasteiger charge is 2.26. The number of methoxy groups -OCH3 is 1. The van der Waals surface area contributed by atoms with Gasteiger partial charge in [0.2, 0.25) is 10.0 Å². The number of ether oxygens (including phenoxy) is 1. The van der Waals surface area contributed by atoms with Gasteiger partial charge in [-0.05, 0) is 61.7 Å². The van der Waals surface area contributed by atoms with Crippen LogP contribution < -0.4 is 13.8 Å². The zero-order valence-electron chi connectivity index (χ0n) is 15.2. The van der Waals surface area contributed by atoms with Crippen LogP contribution in [0, 0.1) is 6.92 Å². The molecular weight excluding hydrogens is 388 g/mol. The second-order valence-corrected chi connectivity index (χ2v) is 10.1. The molecule has 1 fully saturated rings. The third-order valence-corrected chi connectivity index (χ3v) is 7.63. The van der Waals surface area contributed by atoms with Crippen LogP contribution in [-0.2, 0) is 20.0 Å². The molecule has 2 aromatic rings. The van der Waals surface area contributed by atoms with Crippen LogP contribution in [0.1, 0.15) is 18.4 Å². The topological polar surface area (TPSA) is 92.8 Å². The number of aryl methyl sites for hydroxylation is 1. The Morgan fingerprint density at radius 3 is 2.41 bits per heavy atom. The van der Waals surface area contributed by atoms with Crippen molar-refractivity contribution in [1.82, 2.24) is 0 Å². The molecule has 0 aromatic heterocycles. The molecule has 0 atom stereocenters. The van der Waals surface area contributed by atoms with E-state index in [2.05, 4.69) is 4.72 Å². The number of anilines is 2. The van der Waals surface area contributed by atoms with E-state index in [0.717, 1.165) is 12.0 Å². The first-order valence-electron chi connectivity index (χ1n) is 8.51. The molecule has 9 heteroatoms. The quantitative estimate of drug-likeness (QED) is 0.818. The van der Waals surface area contributed by atoms with Gasteiger partial charge in [-0.2, -0.15) is 0 Å². The van der Waals surface area contributed by atoms with Gasteiger partial charge in [-0.1, -0.05) is 6.07 Å². The van der Waals surface area contributed by atoms with Crippen molar-refractivity contribution in [2.24, 2.45) is 0 Å². The second kappa shape index (κ2) is 7.40. The van der Waals surface area contributed by atoms with Crippen LogP contribution in [0.25, 0.3) is 0 Å². The summed E-state index contributed by atoms with van der Waals surface area (Å²) in [5.74, 6) is 0.530. The Labute approximate surface area is 160 Å². The molecular formula is C18H22N2O5S2. The lowest BCUT2D eigenvalue weighted by Crippen LogP contribution is -2.37. The summed E-state index contributed by atoms with van der Waals surface area (Å²) in [6, 6.07) is 11.1. The van der Waals surface area contributed by atoms with Crippen molar-refractivity contribution in [2.75, 3.05) is 28.4 Å². The lowest BCUT2D eigenvalue weighted by atomic mass is 10.2. The van der Waals surface area contributed by atoms with Gasteiger partial charge in [-0.15, -0.1) is 0 Å². The Morgan fingerprint density at radius 1 is 1.07 bits per heavy atom. The largest absolute Gasteiger partial charge is 0.495 e. The van der Waals surface area contributed by atoms with E-state index in [4.69, 9.17) is 4.74 Å². The lowest BCUT2D eigenvalue weighted by Gasteiger charge is -2.28. The summed E-state index contributed by atoms with van der Waals surface area (Å²) in [7, 11) is -5.70. The fourth-order valence-corrected chi connectivity index (χ4v) is 5.68. The maximum absolute atomic E-state index is 12.7. The summed E-state index contributed by atoms with van der Waals surface area (Å²) in [4.78, 5) is 0.0456. The molecule has 0 bridgehead atoms. The van der Waals surface area contributed by atoms with E-state index in [1.165, 1.54) is 35.7 Å². The molecule has 1 heterocycles. The van der Waals surface area contributed by atoms with E-state index in [0.29, 0.717) is 30.1 Å². The molecule has 3 rings (SSSR count). The van der Waals surface area contributed by atoms with E-state index < -0.39 is 20.0 Å². The van der Waals surface area contributed by atoms with Crippen molar-refractivity contribution >= 4 is 31.4 Å². The Balaban J connectivity index is 1.87. The molecule has 7 nitrogen and oxygen atoms in total. The summed E-state index contributed by atoms with van der Waals surface area (Å²) in [5.41, 5.74) is 1.71. The molecule has 146 valence electrons. The molecule has 1 aliphatic rings. The molecule has 0 amide bonds. The van der Waals surface area contributed by atoms with Crippen molar-refractivity contribution in [2.45, 2.75) is 24.7 Å². The molecule has 0 radical (unpaired) electrons. The first-order valence-corrected chi connectivity index (χ1v) is 11.6. The van der Waals surface area contributed by atoms with E-state index in [-0.39, 0.29) is 10.6 Å². The summed E-state index contributed by atoms with van der Waals surface area (Å²) in [6.07, 6.45) is 1.43. The molecule has 0 aliphatic carbocycles. The molecule has 27 heavy (non-hydrogen) atoms. The number of nitrogens with zero attached hydrogens (tertiary/aromatic N) is 1. The fourth-order valence-electron chi connectivity index (χ4n) is 2.98. The lowest BCUT2D eigenvalue weighted by molar-refractivity contribution is 0.417. The van der Waals surface area contributed by atoms with E-state index >= 15 is 0 Å². The second-order valence-electron chi connectivity index (χ2n) is 6.40. The van der Waals surface area contributed by atoms with Crippen LogP contribution in [-0.4, -0.2) is 36.2 Å². The average Bonchev–Trinajstić information content (AvgIpc) is 2.61. The van der Waals surface area contributed by atoms with Gasteiger partial charge in [0, 0.05) is 6.54 Å². The summed E-state index contributed by atoms with van der Waals surface area (Å²) in [6.45, 7) is 2.26. The predicted octanol–water partition coefficient (Wildman–Crippen LogP) is 2.73. The van der Waals surface area contributed by atoms with Crippen molar-refractivity contribution in [1.29, 1.82) is 0 Å². The van der Waals surface area contributed by atoms with Crippen LogP contribution in [0.15, 0.2) is 47.4 Å². The van der Waals surface area contributed by atoms with Gasteiger partial charge >= 0.3 is 0 Å². The Bertz CT molecular complexity index is 1030. The minimum absolute atomic E-state index is 0.0456. The molecule has 1 aliphatic heterocycles. The van der Waals surface area contributed by atoms with Crippen LogP contribution >= 0.6 is 0 Å². The van der Waals surface area contributed by atoms with Gasteiger partial charge in [0.15, 0.2) is 0 Å². The SMILES string of the molecule is COc1ccc(C)cc1NS(=O)(=O)c1ccc(N2CCCCS2(=O)=O)cc1. The molecule has 1 saturated heterocycles. The minimum atomic E-state index is -3.84. The number of rotatable bonds is 5. The van der Waals surface area contributed by atoms with Crippen molar-refractivity contribution in [3.05, 3.63) is 48.0 Å². The standard InChI is InChI=1S/C18H22N2O5S2/c1-14-5-10-18(25-2)17(13-14)19-27(23,24)16-8-6-15(7-9-16)20-11-3-4-12-26(20,21)22/h5-10,13,19H,3-4,11-12H2,1-2H3. The van der Waals surface area contributed by atoms with Crippen molar-refractivity contribution in [3.8, 4) is 5.75 Å². The average molecular weight is 411 g/mol. The maximum atomic E-state index is 12.7. The highest BCUT2D eigenvalue weighted by atomic mass is 32.2.